The number of piperazine rings is 1. The molecule has 5 heteroatoms. The van der Waals surface area contributed by atoms with E-state index in [1.807, 2.05) is 6.07 Å². The second kappa shape index (κ2) is 9.62. The van der Waals surface area contributed by atoms with E-state index in [4.69, 9.17) is 11.6 Å². The Hall–Kier alpha value is -0.350. The molecule has 0 aromatic heterocycles. The van der Waals surface area contributed by atoms with E-state index in [-0.39, 0.29) is 24.3 Å². The van der Waals surface area contributed by atoms with Gasteiger partial charge in [-0.2, -0.15) is 0 Å². The van der Waals surface area contributed by atoms with Crippen molar-refractivity contribution in [1.82, 2.24) is 10.2 Å². The van der Waals surface area contributed by atoms with Crippen LogP contribution in [0, 0.1) is 5.82 Å². The zero-order chi connectivity index (χ0) is 14.4. The van der Waals surface area contributed by atoms with E-state index in [1.54, 1.807) is 6.07 Å². The van der Waals surface area contributed by atoms with Gasteiger partial charge < -0.3 is 5.32 Å². The van der Waals surface area contributed by atoms with Crippen molar-refractivity contribution in [3.05, 3.63) is 34.6 Å². The first-order valence-corrected chi connectivity index (χ1v) is 8.00. The minimum Gasteiger partial charge on any atom is -0.314 e. The molecule has 1 fully saturated rings. The van der Waals surface area contributed by atoms with Crippen LogP contribution in [0.3, 0.4) is 0 Å². The van der Waals surface area contributed by atoms with Crippen LogP contribution in [0.15, 0.2) is 18.2 Å². The van der Waals surface area contributed by atoms with E-state index in [0.717, 1.165) is 44.6 Å². The third-order valence-electron chi connectivity index (χ3n) is 3.99. The van der Waals surface area contributed by atoms with Crippen molar-refractivity contribution in [2.24, 2.45) is 0 Å². The first-order chi connectivity index (χ1) is 9.72. The Balaban J connectivity index is 0.00000220. The maximum absolute atomic E-state index is 14.2. The molecule has 0 amide bonds. The summed E-state index contributed by atoms with van der Waals surface area (Å²) in [6.45, 7) is 6.14. The molecule has 1 aliphatic heterocycles. The molecular weight excluding hydrogens is 310 g/mol. The monoisotopic (exact) mass is 334 g/mol. The smallest absolute Gasteiger partial charge is 0.129 e. The summed E-state index contributed by atoms with van der Waals surface area (Å²) in [7, 11) is 0. The van der Waals surface area contributed by atoms with Gasteiger partial charge in [-0.1, -0.05) is 43.9 Å². The Morgan fingerprint density at radius 2 is 2.00 bits per heavy atom. The standard InChI is InChI=1S/C16H24ClFN2.ClH/c1-2-3-4-5-16(20-10-8-19-9-11-20)14-7-6-13(17)12-15(14)18;/h6-7,12,16,19H,2-5,8-11H2,1H3;1H/t16-;/m1./s1. The van der Waals surface area contributed by atoms with Gasteiger partial charge in [0.25, 0.3) is 0 Å². The average molecular weight is 335 g/mol. The number of hydrogen-bond donors (Lipinski definition) is 1. The van der Waals surface area contributed by atoms with Crippen LogP contribution in [-0.2, 0) is 0 Å². The van der Waals surface area contributed by atoms with Crippen molar-refractivity contribution in [2.45, 2.75) is 38.6 Å². The number of halogens is 3. The minimum absolute atomic E-state index is 0. The molecule has 1 saturated heterocycles. The molecule has 120 valence electrons. The second-order valence-corrected chi connectivity index (χ2v) is 5.90. The lowest BCUT2D eigenvalue weighted by atomic mass is 9.97. The molecule has 2 nitrogen and oxygen atoms in total. The third kappa shape index (κ3) is 5.41. The topological polar surface area (TPSA) is 15.3 Å². The van der Waals surface area contributed by atoms with Crippen LogP contribution in [0.5, 0.6) is 0 Å². The molecule has 0 spiro atoms. The zero-order valence-electron chi connectivity index (χ0n) is 12.6. The number of nitrogens with one attached hydrogen (secondary N) is 1. The lowest BCUT2D eigenvalue weighted by molar-refractivity contribution is 0.159. The van der Waals surface area contributed by atoms with Gasteiger partial charge in [-0.05, 0) is 18.6 Å². The van der Waals surface area contributed by atoms with E-state index in [9.17, 15) is 4.39 Å². The van der Waals surface area contributed by atoms with Crippen molar-refractivity contribution in [2.75, 3.05) is 26.2 Å². The molecule has 2 rings (SSSR count). The van der Waals surface area contributed by atoms with Gasteiger partial charge in [0.1, 0.15) is 5.82 Å². The predicted molar refractivity (Wildman–Crippen MR) is 90.0 cm³/mol. The third-order valence-corrected chi connectivity index (χ3v) is 4.23. The lowest BCUT2D eigenvalue weighted by Crippen LogP contribution is -2.45. The van der Waals surface area contributed by atoms with E-state index in [1.165, 1.54) is 18.9 Å². The molecule has 0 saturated carbocycles. The zero-order valence-corrected chi connectivity index (χ0v) is 14.2. The van der Waals surface area contributed by atoms with Crippen molar-refractivity contribution in [1.29, 1.82) is 0 Å². The summed E-state index contributed by atoms with van der Waals surface area (Å²) in [5.74, 6) is -0.169. The normalized spacial score (nSPS) is 17.3. The van der Waals surface area contributed by atoms with Gasteiger partial charge in [-0.25, -0.2) is 4.39 Å². The minimum atomic E-state index is -0.169. The summed E-state index contributed by atoms with van der Waals surface area (Å²) < 4.78 is 14.2. The molecule has 0 bridgehead atoms. The Morgan fingerprint density at radius 1 is 1.29 bits per heavy atom. The number of hydrogen-bond acceptors (Lipinski definition) is 2. The summed E-state index contributed by atoms with van der Waals surface area (Å²) in [4.78, 5) is 2.40. The Labute approximate surface area is 138 Å². The van der Waals surface area contributed by atoms with Gasteiger partial charge in [0.05, 0.1) is 0 Å². The van der Waals surface area contributed by atoms with Crippen molar-refractivity contribution in [3.8, 4) is 0 Å². The van der Waals surface area contributed by atoms with E-state index < -0.39 is 0 Å². The Kier molecular flexibility index (Phi) is 8.57. The predicted octanol–water partition coefficient (Wildman–Crippen LogP) is 4.43. The van der Waals surface area contributed by atoms with Crippen LogP contribution in [0.1, 0.15) is 44.2 Å². The summed E-state index contributed by atoms with van der Waals surface area (Å²) in [5.41, 5.74) is 0.799. The number of benzene rings is 1. The lowest BCUT2D eigenvalue weighted by Gasteiger charge is -2.35. The van der Waals surface area contributed by atoms with E-state index >= 15 is 0 Å². The highest BCUT2D eigenvalue weighted by atomic mass is 35.5. The maximum Gasteiger partial charge on any atom is 0.129 e. The molecule has 1 N–H and O–H groups in total. The maximum atomic E-state index is 14.2. The molecule has 0 radical (unpaired) electrons. The molecule has 1 aromatic carbocycles. The Bertz CT molecular complexity index is 423. The highest BCUT2D eigenvalue weighted by Crippen LogP contribution is 2.30. The van der Waals surface area contributed by atoms with Gasteiger partial charge >= 0.3 is 0 Å². The van der Waals surface area contributed by atoms with Crippen LogP contribution in [0.25, 0.3) is 0 Å². The van der Waals surface area contributed by atoms with Crippen molar-refractivity contribution < 1.29 is 4.39 Å². The molecule has 0 unspecified atom stereocenters. The molecule has 21 heavy (non-hydrogen) atoms. The average Bonchev–Trinajstić information content (AvgIpc) is 2.46. The fourth-order valence-electron chi connectivity index (χ4n) is 2.89. The summed E-state index contributed by atoms with van der Waals surface area (Å²) >= 11 is 5.87. The molecular formula is C16H25Cl2FN2. The summed E-state index contributed by atoms with van der Waals surface area (Å²) in [5, 5.41) is 3.83. The molecule has 0 aliphatic carbocycles. The largest absolute Gasteiger partial charge is 0.314 e. The summed E-state index contributed by atoms with van der Waals surface area (Å²) in [6.07, 6.45) is 4.56. The first kappa shape index (κ1) is 18.7. The molecule has 1 aliphatic rings. The SMILES string of the molecule is CCCCC[C@H](c1ccc(Cl)cc1F)N1CCNCC1.Cl. The van der Waals surface area contributed by atoms with Gasteiger partial charge in [0.15, 0.2) is 0 Å². The quantitative estimate of drug-likeness (QED) is 0.774. The van der Waals surface area contributed by atoms with Crippen LogP contribution >= 0.6 is 24.0 Å². The van der Waals surface area contributed by atoms with Gasteiger partial charge in [-0.15, -0.1) is 12.4 Å². The summed E-state index contributed by atoms with van der Waals surface area (Å²) in [6, 6.07) is 5.28. The van der Waals surface area contributed by atoms with Crippen LogP contribution in [0.4, 0.5) is 4.39 Å². The second-order valence-electron chi connectivity index (χ2n) is 5.46. The highest BCUT2D eigenvalue weighted by Gasteiger charge is 2.24. The number of unbranched alkanes of at least 4 members (excludes halogenated alkanes) is 2. The van der Waals surface area contributed by atoms with Crippen LogP contribution < -0.4 is 5.32 Å². The highest BCUT2D eigenvalue weighted by molar-refractivity contribution is 6.30. The van der Waals surface area contributed by atoms with Gasteiger partial charge in [0, 0.05) is 42.8 Å². The van der Waals surface area contributed by atoms with Crippen molar-refractivity contribution >= 4 is 24.0 Å². The van der Waals surface area contributed by atoms with Crippen molar-refractivity contribution in [3.63, 3.8) is 0 Å². The Morgan fingerprint density at radius 3 is 2.62 bits per heavy atom. The van der Waals surface area contributed by atoms with E-state index in [2.05, 4.69) is 17.1 Å². The fraction of sp³-hybridized carbons (Fsp3) is 0.625. The van der Waals surface area contributed by atoms with Crippen LogP contribution in [0.2, 0.25) is 5.02 Å². The number of nitrogens with zero attached hydrogens (tertiary/aromatic N) is 1. The van der Waals surface area contributed by atoms with Crippen LogP contribution in [-0.4, -0.2) is 31.1 Å². The molecule has 1 atom stereocenters. The van der Waals surface area contributed by atoms with Gasteiger partial charge in [0.2, 0.25) is 0 Å². The molecule has 1 heterocycles. The fourth-order valence-corrected chi connectivity index (χ4v) is 3.05. The van der Waals surface area contributed by atoms with Gasteiger partial charge in [-0.3, -0.25) is 4.90 Å². The first-order valence-electron chi connectivity index (χ1n) is 7.62. The van der Waals surface area contributed by atoms with E-state index in [0.29, 0.717) is 5.02 Å². The number of rotatable bonds is 6. The molecule has 1 aromatic rings.